The smallest absolute Gasteiger partial charge is 0.209 e. The summed E-state index contributed by atoms with van der Waals surface area (Å²) in [5.41, 5.74) is 3.39. The van der Waals surface area contributed by atoms with E-state index in [0.29, 0.717) is 0 Å². The monoisotopic (exact) mass is 424 g/mol. The van der Waals surface area contributed by atoms with Gasteiger partial charge in [-0.15, -0.1) is 12.4 Å². The van der Waals surface area contributed by atoms with Crippen molar-refractivity contribution in [2.24, 2.45) is 0 Å². The molecule has 1 N–H and O–H groups in total. The van der Waals surface area contributed by atoms with Gasteiger partial charge in [-0.05, 0) is 30.5 Å². The maximum Gasteiger partial charge on any atom is 0.209 e. The zero-order valence-corrected chi connectivity index (χ0v) is 18.2. The molecule has 1 saturated heterocycles. The second-order valence-corrected chi connectivity index (χ2v) is 9.17. The van der Waals surface area contributed by atoms with E-state index >= 15 is 0 Å². The Kier molecular flexibility index (Phi) is 8.04. The van der Waals surface area contributed by atoms with Gasteiger partial charge in [-0.25, -0.2) is 13.1 Å². The summed E-state index contributed by atoms with van der Waals surface area (Å²) in [5.74, 6) is 0. The van der Waals surface area contributed by atoms with Crippen molar-refractivity contribution in [2.45, 2.75) is 38.6 Å². The Labute approximate surface area is 174 Å². The molecule has 5 nitrogen and oxygen atoms in total. The zero-order chi connectivity index (χ0) is 19.4. The van der Waals surface area contributed by atoms with Crippen molar-refractivity contribution < 1.29 is 13.2 Å². The van der Waals surface area contributed by atoms with Gasteiger partial charge in [0.1, 0.15) is 0 Å². The molecular formula is C21H29ClN2O3S. The van der Waals surface area contributed by atoms with E-state index in [1.807, 2.05) is 37.3 Å². The minimum Gasteiger partial charge on any atom is -0.368 e. The van der Waals surface area contributed by atoms with Crippen molar-refractivity contribution in [3.8, 4) is 0 Å². The van der Waals surface area contributed by atoms with Gasteiger partial charge in [0.2, 0.25) is 10.0 Å². The van der Waals surface area contributed by atoms with Gasteiger partial charge in [0.05, 0.1) is 18.5 Å². The number of benzene rings is 2. The summed E-state index contributed by atoms with van der Waals surface area (Å²) in [6.45, 7) is 6.58. The molecule has 3 rings (SSSR count). The van der Waals surface area contributed by atoms with Crippen LogP contribution in [0.25, 0.3) is 0 Å². The molecule has 3 atom stereocenters. The van der Waals surface area contributed by atoms with Crippen LogP contribution in [0, 0.1) is 0 Å². The highest BCUT2D eigenvalue weighted by atomic mass is 35.5. The molecule has 1 aliphatic rings. The van der Waals surface area contributed by atoms with Crippen LogP contribution in [0.15, 0.2) is 54.6 Å². The van der Waals surface area contributed by atoms with Crippen LogP contribution in [-0.4, -0.2) is 38.8 Å². The number of hydrogen-bond acceptors (Lipinski definition) is 4. The van der Waals surface area contributed by atoms with E-state index in [2.05, 4.69) is 40.8 Å². The van der Waals surface area contributed by atoms with Crippen LogP contribution in [0.1, 0.15) is 42.7 Å². The minimum atomic E-state index is -3.22. The highest BCUT2D eigenvalue weighted by Crippen LogP contribution is 2.26. The molecule has 0 spiro atoms. The van der Waals surface area contributed by atoms with E-state index in [-0.39, 0.29) is 30.7 Å². The van der Waals surface area contributed by atoms with Crippen molar-refractivity contribution in [2.75, 3.05) is 19.3 Å². The maximum atomic E-state index is 11.4. The molecular weight excluding hydrogens is 396 g/mol. The van der Waals surface area contributed by atoms with Gasteiger partial charge in [-0.3, -0.25) is 4.90 Å². The normalized spacial score (nSPS) is 21.7. The first-order chi connectivity index (χ1) is 12.8. The molecule has 0 saturated carbocycles. The number of morpholine rings is 1. The molecule has 1 fully saturated rings. The van der Waals surface area contributed by atoms with E-state index in [1.165, 1.54) is 17.4 Å². The second kappa shape index (κ2) is 9.85. The lowest BCUT2D eigenvalue weighted by molar-refractivity contribution is -0.0814. The zero-order valence-electron chi connectivity index (χ0n) is 16.5. The number of hydrogen-bond donors (Lipinski definition) is 1. The Balaban J connectivity index is 0.00000280. The lowest BCUT2D eigenvalue weighted by Gasteiger charge is -2.37. The van der Waals surface area contributed by atoms with Gasteiger partial charge in [0, 0.05) is 25.7 Å². The Morgan fingerprint density at radius 3 is 2.36 bits per heavy atom. The van der Waals surface area contributed by atoms with Crippen LogP contribution in [0.4, 0.5) is 0 Å². The average Bonchev–Trinajstić information content (AvgIpc) is 2.61. The fraction of sp³-hybridized carbons (Fsp3) is 0.429. The first-order valence-corrected chi connectivity index (χ1v) is 11.2. The standard InChI is InChI=1S/C21H28N2O3S.ClH/c1-16-13-23(15-21(26-16)20-7-5-4-6-8-20)14-18-9-11-19(12-10-18)17(2)22-27(3,24)25;/h4-12,16-17,21-22H,13-15H2,1-3H3;1H/t16-,17-,21-;/m1./s1. The predicted octanol–water partition coefficient (Wildman–Crippen LogP) is 3.68. The lowest BCUT2D eigenvalue weighted by atomic mass is 10.0. The minimum absolute atomic E-state index is 0. The molecule has 0 amide bonds. The summed E-state index contributed by atoms with van der Waals surface area (Å²) < 4.78 is 31.5. The van der Waals surface area contributed by atoms with Crippen molar-refractivity contribution >= 4 is 22.4 Å². The third-order valence-electron chi connectivity index (χ3n) is 4.78. The summed E-state index contributed by atoms with van der Waals surface area (Å²) in [6.07, 6.45) is 1.45. The van der Waals surface area contributed by atoms with Crippen molar-refractivity contribution in [3.63, 3.8) is 0 Å². The van der Waals surface area contributed by atoms with Gasteiger partial charge < -0.3 is 4.74 Å². The number of halogens is 1. The van der Waals surface area contributed by atoms with E-state index in [9.17, 15) is 8.42 Å². The van der Waals surface area contributed by atoms with Crippen molar-refractivity contribution in [1.82, 2.24) is 9.62 Å². The number of nitrogens with one attached hydrogen (secondary N) is 1. The van der Waals surface area contributed by atoms with Crippen LogP contribution in [0.5, 0.6) is 0 Å². The molecule has 154 valence electrons. The summed E-state index contributed by atoms with van der Waals surface area (Å²) in [6, 6.07) is 18.3. The van der Waals surface area contributed by atoms with Crippen LogP contribution in [0.2, 0.25) is 0 Å². The summed E-state index contributed by atoms with van der Waals surface area (Å²) in [4.78, 5) is 2.42. The van der Waals surface area contributed by atoms with Gasteiger partial charge >= 0.3 is 0 Å². The quantitative estimate of drug-likeness (QED) is 0.768. The Morgan fingerprint density at radius 2 is 1.75 bits per heavy atom. The Bertz CT molecular complexity index is 844. The van der Waals surface area contributed by atoms with Crippen molar-refractivity contribution in [3.05, 3.63) is 71.3 Å². The Morgan fingerprint density at radius 1 is 1.11 bits per heavy atom. The fourth-order valence-corrected chi connectivity index (χ4v) is 4.36. The number of sulfonamides is 1. The second-order valence-electron chi connectivity index (χ2n) is 7.39. The van der Waals surface area contributed by atoms with Crippen LogP contribution in [0.3, 0.4) is 0 Å². The molecule has 1 heterocycles. The molecule has 0 unspecified atom stereocenters. The molecule has 2 aromatic carbocycles. The number of rotatable bonds is 6. The SMILES string of the molecule is C[C@@H]1CN(Cc2ccc([C@@H](C)NS(C)(=O)=O)cc2)C[C@H](c2ccccc2)O1.Cl. The lowest BCUT2D eigenvalue weighted by Crippen LogP contribution is -2.42. The third-order valence-corrected chi connectivity index (χ3v) is 5.57. The van der Waals surface area contributed by atoms with Gasteiger partial charge in [-0.1, -0.05) is 54.6 Å². The maximum absolute atomic E-state index is 11.4. The van der Waals surface area contributed by atoms with E-state index in [4.69, 9.17) is 4.74 Å². The molecule has 7 heteroatoms. The fourth-order valence-electron chi connectivity index (χ4n) is 3.58. The summed E-state index contributed by atoms with van der Waals surface area (Å²) >= 11 is 0. The molecule has 0 aromatic heterocycles. The largest absolute Gasteiger partial charge is 0.368 e. The topological polar surface area (TPSA) is 58.6 Å². The van der Waals surface area contributed by atoms with Crippen LogP contribution in [-0.2, 0) is 21.3 Å². The Hall–Kier alpha value is -1.44. The van der Waals surface area contributed by atoms with Crippen molar-refractivity contribution in [1.29, 1.82) is 0 Å². The molecule has 0 aliphatic carbocycles. The number of nitrogens with zero attached hydrogens (tertiary/aromatic N) is 1. The van der Waals surface area contributed by atoms with Gasteiger partial charge in [-0.2, -0.15) is 0 Å². The highest BCUT2D eigenvalue weighted by Gasteiger charge is 2.26. The molecule has 0 bridgehead atoms. The first kappa shape index (κ1) is 22.8. The van der Waals surface area contributed by atoms with Gasteiger partial charge in [0.15, 0.2) is 0 Å². The summed E-state index contributed by atoms with van der Waals surface area (Å²) in [7, 11) is -3.22. The van der Waals surface area contributed by atoms with Gasteiger partial charge in [0.25, 0.3) is 0 Å². The van der Waals surface area contributed by atoms with E-state index in [1.54, 1.807) is 0 Å². The third kappa shape index (κ3) is 6.57. The number of ether oxygens (including phenoxy) is 1. The molecule has 0 radical (unpaired) electrons. The van der Waals surface area contributed by atoms with E-state index in [0.717, 1.165) is 25.2 Å². The summed E-state index contributed by atoms with van der Waals surface area (Å²) in [5, 5.41) is 0. The molecule has 2 aromatic rings. The average molecular weight is 425 g/mol. The van der Waals surface area contributed by atoms with E-state index < -0.39 is 10.0 Å². The predicted molar refractivity (Wildman–Crippen MR) is 115 cm³/mol. The molecule has 28 heavy (non-hydrogen) atoms. The van der Waals surface area contributed by atoms with Crippen LogP contribution < -0.4 is 4.72 Å². The van der Waals surface area contributed by atoms with Crippen LogP contribution >= 0.6 is 12.4 Å². The molecule has 1 aliphatic heterocycles. The highest BCUT2D eigenvalue weighted by molar-refractivity contribution is 7.88. The first-order valence-electron chi connectivity index (χ1n) is 9.29.